The Morgan fingerprint density at radius 2 is 1.44 bits per heavy atom. The van der Waals surface area contributed by atoms with Crippen molar-refractivity contribution in [2.45, 2.75) is 38.7 Å². The maximum Gasteiger partial charge on any atom is 0.201 e. The first kappa shape index (κ1) is 24.0. The van der Waals surface area contributed by atoms with Gasteiger partial charge in [-0.25, -0.2) is 13.2 Å². The first-order chi connectivity index (χ1) is 16.4. The van der Waals surface area contributed by atoms with E-state index in [4.69, 9.17) is 9.47 Å². The first-order valence-corrected chi connectivity index (χ1v) is 11.4. The minimum absolute atomic E-state index is 0.0488. The van der Waals surface area contributed by atoms with E-state index in [1.165, 1.54) is 24.3 Å². The monoisotopic (exact) mass is 470 g/mol. The van der Waals surface area contributed by atoms with E-state index in [-0.39, 0.29) is 41.1 Å². The fourth-order valence-corrected chi connectivity index (χ4v) is 4.32. The molecule has 0 radical (unpaired) electrons. The van der Waals surface area contributed by atoms with Crippen molar-refractivity contribution in [2.24, 2.45) is 0 Å². The molecule has 1 fully saturated rings. The average Bonchev–Trinajstić information content (AvgIpc) is 2.85. The highest BCUT2D eigenvalue weighted by Gasteiger charge is 2.23. The van der Waals surface area contributed by atoms with Gasteiger partial charge in [-0.15, -0.1) is 0 Å². The zero-order valence-electron chi connectivity index (χ0n) is 19.1. The van der Waals surface area contributed by atoms with Crippen molar-refractivity contribution in [2.75, 3.05) is 13.2 Å². The molecule has 178 valence electrons. The zero-order valence-corrected chi connectivity index (χ0v) is 19.1. The van der Waals surface area contributed by atoms with Gasteiger partial charge in [0.05, 0.1) is 19.3 Å². The van der Waals surface area contributed by atoms with Gasteiger partial charge >= 0.3 is 0 Å². The average molecular weight is 471 g/mol. The van der Waals surface area contributed by atoms with Crippen LogP contribution in [0.25, 0.3) is 22.3 Å². The number of rotatable bonds is 6. The summed E-state index contributed by atoms with van der Waals surface area (Å²) in [6.07, 6.45) is 6.09. The predicted octanol–water partition coefficient (Wildman–Crippen LogP) is 7.81. The van der Waals surface area contributed by atoms with Crippen molar-refractivity contribution in [3.8, 4) is 28.0 Å². The van der Waals surface area contributed by atoms with Crippen LogP contribution in [0.15, 0.2) is 60.7 Å². The molecule has 0 spiro atoms. The quantitative estimate of drug-likeness (QED) is 0.270. The Bertz CT molecular complexity index is 1180. The Kier molecular flexibility index (Phi) is 7.37. The van der Waals surface area contributed by atoms with E-state index in [1.807, 2.05) is 31.2 Å². The summed E-state index contributed by atoms with van der Waals surface area (Å²) in [5.74, 6) is -4.90. The van der Waals surface area contributed by atoms with Gasteiger partial charge in [-0.3, -0.25) is 0 Å². The molecule has 0 aliphatic carbocycles. The summed E-state index contributed by atoms with van der Waals surface area (Å²) >= 11 is 0. The van der Waals surface area contributed by atoms with Gasteiger partial charge in [0.2, 0.25) is 5.82 Å². The number of hydrogen-bond donors (Lipinski definition) is 0. The largest absolute Gasteiger partial charge is 0.491 e. The van der Waals surface area contributed by atoms with Crippen LogP contribution in [-0.2, 0) is 4.74 Å². The summed E-state index contributed by atoms with van der Waals surface area (Å²) in [5, 5.41) is 0. The summed E-state index contributed by atoms with van der Waals surface area (Å²) in [4.78, 5) is 0. The molecule has 3 aromatic carbocycles. The van der Waals surface area contributed by atoms with E-state index in [1.54, 1.807) is 19.1 Å². The summed E-state index contributed by atoms with van der Waals surface area (Å²) in [6, 6.07) is 12.3. The lowest BCUT2D eigenvalue weighted by Gasteiger charge is -2.27. The normalized spacial score (nSPS) is 18.4. The Morgan fingerprint density at radius 1 is 0.824 bits per heavy atom. The van der Waals surface area contributed by atoms with Crippen molar-refractivity contribution in [3.05, 3.63) is 89.5 Å². The van der Waals surface area contributed by atoms with E-state index in [9.17, 15) is 17.6 Å². The second-order valence-electron chi connectivity index (χ2n) is 8.25. The SMILES string of the molecule is CC=CC1CCC(c2ccc(-c3ccc(-c4ccc(OCC)c(F)c4F)c(F)c3F)cc2)CO1. The van der Waals surface area contributed by atoms with Crippen molar-refractivity contribution in [1.82, 2.24) is 0 Å². The lowest BCUT2D eigenvalue weighted by molar-refractivity contribution is 0.0326. The topological polar surface area (TPSA) is 18.5 Å². The number of halogens is 4. The highest BCUT2D eigenvalue weighted by atomic mass is 19.2. The van der Waals surface area contributed by atoms with Crippen LogP contribution in [0.3, 0.4) is 0 Å². The van der Waals surface area contributed by atoms with E-state index in [2.05, 4.69) is 0 Å². The second-order valence-corrected chi connectivity index (χ2v) is 8.25. The van der Waals surface area contributed by atoms with Crippen molar-refractivity contribution >= 4 is 0 Å². The number of benzene rings is 3. The summed E-state index contributed by atoms with van der Waals surface area (Å²) < 4.78 is 69.6. The van der Waals surface area contributed by atoms with Gasteiger partial charge in [0.15, 0.2) is 23.2 Å². The molecular formula is C28H26F4O2. The van der Waals surface area contributed by atoms with E-state index in [0.717, 1.165) is 18.4 Å². The molecule has 0 bridgehead atoms. The van der Waals surface area contributed by atoms with Crippen LogP contribution in [-0.4, -0.2) is 19.3 Å². The Morgan fingerprint density at radius 3 is 2.06 bits per heavy atom. The van der Waals surface area contributed by atoms with Crippen molar-refractivity contribution < 1.29 is 27.0 Å². The molecule has 1 saturated heterocycles. The van der Waals surface area contributed by atoms with Gasteiger partial charge in [-0.05, 0) is 49.9 Å². The molecule has 1 aliphatic rings. The van der Waals surface area contributed by atoms with Crippen LogP contribution < -0.4 is 4.74 Å². The summed E-state index contributed by atoms with van der Waals surface area (Å²) in [7, 11) is 0. The van der Waals surface area contributed by atoms with Crippen LogP contribution >= 0.6 is 0 Å². The van der Waals surface area contributed by atoms with Crippen LogP contribution in [0.5, 0.6) is 5.75 Å². The molecular weight excluding hydrogens is 444 g/mol. The smallest absolute Gasteiger partial charge is 0.201 e. The Balaban J connectivity index is 1.58. The maximum absolute atomic E-state index is 15.0. The molecule has 0 N–H and O–H groups in total. The molecule has 2 atom stereocenters. The van der Waals surface area contributed by atoms with Crippen LogP contribution in [0.4, 0.5) is 17.6 Å². The molecule has 1 heterocycles. The maximum atomic E-state index is 15.0. The lowest BCUT2D eigenvalue weighted by Crippen LogP contribution is -2.23. The molecule has 2 unspecified atom stereocenters. The van der Waals surface area contributed by atoms with Crippen LogP contribution in [0.2, 0.25) is 0 Å². The van der Waals surface area contributed by atoms with Crippen LogP contribution in [0.1, 0.15) is 38.2 Å². The van der Waals surface area contributed by atoms with Crippen LogP contribution in [0, 0.1) is 23.3 Å². The fourth-order valence-electron chi connectivity index (χ4n) is 4.32. The molecule has 34 heavy (non-hydrogen) atoms. The number of allylic oxidation sites excluding steroid dienone is 1. The van der Waals surface area contributed by atoms with E-state index >= 15 is 0 Å². The zero-order chi connectivity index (χ0) is 24.2. The molecule has 6 heteroatoms. The second kappa shape index (κ2) is 10.4. The molecule has 3 aromatic rings. The summed E-state index contributed by atoms with van der Waals surface area (Å²) in [5.41, 5.74) is 0.897. The Labute approximate surface area is 196 Å². The minimum Gasteiger partial charge on any atom is -0.491 e. The van der Waals surface area contributed by atoms with E-state index < -0.39 is 23.3 Å². The molecule has 0 amide bonds. The third-order valence-electron chi connectivity index (χ3n) is 6.13. The molecule has 0 saturated carbocycles. The molecule has 1 aliphatic heterocycles. The fraction of sp³-hybridized carbons (Fsp3) is 0.286. The lowest BCUT2D eigenvalue weighted by atomic mass is 9.90. The van der Waals surface area contributed by atoms with Crippen molar-refractivity contribution in [1.29, 1.82) is 0 Å². The highest BCUT2D eigenvalue weighted by molar-refractivity contribution is 5.72. The Hall–Kier alpha value is -3.12. The summed E-state index contributed by atoms with van der Waals surface area (Å²) in [6.45, 7) is 4.36. The highest BCUT2D eigenvalue weighted by Crippen LogP contribution is 2.36. The molecule has 0 aromatic heterocycles. The molecule has 2 nitrogen and oxygen atoms in total. The number of ether oxygens (including phenoxy) is 2. The molecule has 4 rings (SSSR count). The van der Waals surface area contributed by atoms with Gasteiger partial charge in [0.1, 0.15) is 0 Å². The standard InChI is InChI=1S/C28H26F4O2/c1-3-5-20-11-10-19(16-34-20)17-6-8-18(9-7-17)21-12-13-22(26(30)25(21)29)23-14-15-24(33-4-2)28(32)27(23)31/h3,5-9,12-15,19-20H,4,10-11,16H2,1-2H3. The predicted molar refractivity (Wildman–Crippen MR) is 125 cm³/mol. The first-order valence-electron chi connectivity index (χ1n) is 11.4. The van der Waals surface area contributed by atoms with Gasteiger partial charge in [0.25, 0.3) is 0 Å². The third kappa shape index (κ3) is 4.73. The van der Waals surface area contributed by atoms with Gasteiger partial charge < -0.3 is 9.47 Å². The van der Waals surface area contributed by atoms with Crippen molar-refractivity contribution in [3.63, 3.8) is 0 Å². The van der Waals surface area contributed by atoms with Gasteiger partial charge in [-0.1, -0.05) is 48.6 Å². The minimum atomic E-state index is -1.28. The van der Waals surface area contributed by atoms with Gasteiger partial charge in [0, 0.05) is 22.6 Å². The third-order valence-corrected chi connectivity index (χ3v) is 6.13. The van der Waals surface area contributed by atoms with E-state index in [0.29, 0.717) is 12.2 Å². The number of hydrogen-bond acceptors (Lipinski definition) is 2. The van der Waals surface area contributed by atoms with Gasteiger partial charge in [-0.2, -0.15) is 4.39 Å².